The summed E-state index contributed by atoms with van der Waals surface area (Å²) in [5, 5.41) is 0.449. The van der Waals surface area contributed by atoms with E-state index in [-0.39, 0.29) is 11.9 Å². The van der Waals surface area contributed by atoms with E-state index in [4.69, 9.17) is 0 Å². The first-order valence-electron chi connectivity index (χ1n) is 8.23. The predicted molar refractivity (Wildman–Crippen MR) is 98.8 cm³/mol. The molecule has 1 atom stereocenters. The maximum atomic E-state index is 13.0. The summed E-state index contributed by atoms with van der Waals surface area (Å²) in [6, 6.07) is 16.7. The molecule has 6 heteroatoms. The molecule has 2 aromatic carbocycles. The molecule has 4 rings (SSSR count). The molecule has 3 amide bonds. The Morgan fingerprint density at radius 1 is 1.04 bits per heavy atom. The monoisotopic (exact) mass is 351 g/mol. The van der Waals surface area contributed by atoms with E-state index in [1.807, 2.05) is 61.5 Å². The third kappa shape index (κ3) is 2.68. The number of amides is 3. The van der Waals surface area contributed by atoms with E-state index in [2.05, 4.69) is 4.98 Å². The molecular weight excluding hydrogens is 334 g/mol. The maximum absolute atomic E-state index is 13.0. The number of rotatable bonds is 4. The molecule has 3 aromatic rings. The van der Waals surface area contributed by atoms with Gasteiger partial charge in [0, 0.05) is 13.0 Å². The summed E-state index contributed by atoms with van der Waals surface area (Å²) >= 11 is 1.37. The highest BCUT2D eigenvalue weighted by molar-refractivity contribution is 7.22. The van der Waals surface area contributed by atoms with Crippen molar-refractivity contribution in [2.75, 3.05) is 11.4 Å². The van der Waals surface area contributed by atoms with Crippen LogP contribution in [0.25, 0.3) is 10.2 Å². The number of urea groups is 1. The van der Waals surface area contributed by atoms with E-state index >= 15 is 0 Å². The lowest BCUT2D eigenvalue weighted by Crippen LogP contribution is -2.36. The van der Waals surface area contributed by atoms with E-state index in [9.17, 15) is 9.59 Å². The van der Waals surface area contributed by atoms with Gasteiger partial charge in [0.05, 0.1) is 10.2 Å². The SMILES string of the molecule is CCN1C(=O)N(c2nc3ccccc3s2)C(=O)[C@H]1Cc1ccccc1. The van der Waals surface area contributed by atoms with Crippen LogP contribution < -0.4 is 4.90 Å². The van der Waals surface area contributed by atoms with Crippen LogP contribution in [0.4, 0.5) is 9.93 Å². The Bertz CT molecular complexity index is 905. The Morgan fingerprint density at radius 3 is 2.48 bits per heavy atom. The minimum atomic E-state index is -0.480. The maximum Gasteiger partial charge on any atom is 0.333 e. The molecule has 126 valence electrons. The summed E-state index contributed by atoms with van der Waals surface area (Å²) < 4.78 is 0.965. The smallest absolute Gasteiger partial charge is 0.312 e. The molecule has 0 radical (unpaired) electrons. The van der Waals surface area contributed by atoms with E-state index in [0.717, 1.165) is 15.8 Å². The topological polar surface area (TPSA) is 53.5 Å². The van der Waals surface area contributed by atoms with Gasteiger partial charge in [-0.2, -0.15) is 0 Å². The van der Waals surface area contributed by atoms with E-state index in [0.29, 0.717) is 18.1 Å². The minimum absolute atomic E-state index is 0.199. The number of likely N-dealkylation sites (N-methyl/N-ethyl adjacent to an activating group) is 1. The highest BCUT2D eigenvalue weighted by Crippen LogP contribution is 2.33. The number of aromatic nitrogens is 1. The zero-order valence-electron chi connectivity index (χ0n) is 13.8. The fourth-order valence-corrected chi connectivity index (χ4v) is 4.13. The molecule has 25 heavy (non-hydrogen) atoms. The van der Waals surface area contributed by atoms with Crippen LogP contribution in [-0.4, -0.2) is 34.4 Å². The summed E-state index contributed by atoms with van der Waals surface area (Å²) in [5.41, 5.74) is 1.84. The van der Waals surface area contributed by atoms with E-state index in [1.54, 1.807) is 4.90 Å². The molecule has 0 unspecified atom stereocenters. The van der Waals surface area contributed by atoms with Gasteiger partial charge in [-0.05, 0) is 24.6 Å². The van der Waals surface area contributed by atoms with Gasteiger partial charge in [0.15, 0.2) is 0 Å². The second kappa shape index (κ2) is 6.29. The molecule has 0 N–H and O–H groups in total. The van der Waals surface area contributed by atoms with Crippen molar-refractivity contribution in [3.05, 3.63) is 60.2 Å². The molecule has 1 saturated heterocycles. The van der Waals surface area contributed by atoms with Crippen molar-refractivity contribution in [3.8, 4) is 0 Å². The second-order valence-electron chi connectivity index (χ2n) is 5.91. The van der Waals surface area contributed by atoms with Crippen LogP contribution in [0.3, 0.4) is 0 Å². The largest absolute Gasteiger partial charge is 0.333 e. The number of benzene rings is 2. The molecular formula is C19H17N3O2S. The Kier molecular flexibility index (Phi) is 3.97. The van der Waals surface area contributed by atoms with Crippen LogP contribution in [0.1, 0.15) is 12.5 Å². The van der Waals surface area contributed by atoms with Crippen molar-refractivity contribution in [1.82, 2.24) is 9.88 Å². The summed E-state index contributed by atoms with van der Waals surface area (Å²) in [6.07, 6.45) is 0.515. The molecule has 0 spiro atoms. The number of para-hydroxylation sites is 1. The molecule has 0 saturated carbocycles. The van der Waals surface area contributed by atoms with Gasteiger partial charge in [-0.1, -0.05) is 53.8 Å². The first-order valence-corrected chi connectivity index (χ1v) is 9.04. The van der Waals surface area contributed by atoms with Crippen molar-refractivity contribution < 1.29 is 9.59 Å². The second-order valence-corrected chi connectivity index (χ2v) is 6.92. The lowest BCUT2D eigenvalue weighted by atomic mass is 10.1. The molecule has 5 nitrogen and oxygen atoms in total. The average Bonchev–Trinajstić information content (AvgIpc) is 3.14. The van der Waals surface area contributed by atoms with Gasteiger partial charge in [0.2, 0.25) is 5.13 Å². The Morgan fingerprint density at radius 2 is 1.76 bits per heavy atom. The van der Waals surface area contributed by atoms with Gasteiger partial charge < -0.3 is 4.90 Å². The van der Waals surface area contributed by atoms with Gasteiger partial charge >= 0.3 is 6.03 Å². The van der Waals surface area contributed by atoms with Gasteiger partial charge in [0.25, 0.3) is 5.91 Å². The quantitative estimate of drug-likeness (QED) is 0.674. The van der Waals surface area contributed by atoms with Crippen molar-refractivity contribution in [2.45, 2.75) is 19.4 Å². The fourth-order valence-electron chi connectivity index (χ4n) is 3.16. The first-order chi connectivity index (χ1) is 12.2. The van der Waals surface area contributed by atoms with Crippen LogP contribution in [0, 0.1) is 0 Å². The number of carbonyl (C=O) groups excluding carboxylic acids is 2. The number of anilines is 1. The highest BCUT2D eigenvalue weighted by atomic mass is 32.1. The molecule has 2 heterocycles. The van der Waals surface area contributed by atoms with Gasteiger partial charge in [-0.15, -0.1) is 0 Å². The third-order valence-electron chi connectivity index (χ3n) is 4.41. The molecule has 1 aromatic heterocycles. The number of hydrogen-bond donors (Lipinski definition) is 0. The average molecular weight is 351 g/mol. The van der Waals surface area contributed by atoms with Crippen LogP contribution in [0.2, 0.25) is 0 Å². The van der Waals surface area contributed by atoms with Crippen molar-refractivity contribution in [1.29, 1.82) is 0 Å². The Balaban J connectivity index is 1.69. The highest BCUT2D eigenvalue weighted by Gasteiger charge is 2.46. The van der Waals surface area contributed by atoms with Gasteiger partial charge in [0.1, 0.15) is 6.04 Å². The standard InChI is InChI=1S/C19H17N3O2S/c1-2-21-15(12-13-8-4-3-5-9-13)17(23)22(19(21)24)18-20-14-10-6-7-11-16(14)25-18/h3-11,15H,2,12H2,1H3/t15-/m1/s1. The summed E-state index contributed by atoms with van der Waals surface area (Å²) in [5.74, 6) is -0.199. The molecule has 1 aliphatic rings. The third-order valence-corrected chi connectivity index (χ3v) is 5.43. The number of carbonyl (C=O) groups is 2. The molecule has 0 bridgehead atoms. The Hall–Kier alpha value is -2.73. The van der Waals surface area contributed by atoms with Crippen molar-refractivity contribution >= 4 is 38.6 Å². The summed E-state index contributed by atoms with van der Waals surface area (Å²) in [7, 11) is 0. The number of nitrogens with zero attached hydrogens (tertiary/aromatic N) is 3. The zero-order chi connectivity index (χ0) is 17.4. The number of hydrogen-bond acceptors (Lipinski definition) is 4. The van der Waals surface area contributed by atoms with E-state index in [1.165, 1.54) is 16.2 Å². The zero-order valence-corrected chi connectivity index (χ0v) is 14.6. The molecule has 1 fully saturated rings. The Labute approximate surface area is 149 Å². The first kappa shape index (κ1) is 15.8. The van der Waals surface area contributed by atoms with Crippen LogP contribution in [-0.2, 0) is 11.2 Å². The number of fused-ring (bicyclic) bond motifs is 1. The molecule has 0 aliphatic carbocycles. The fraction of sp³-hybridized carbons (Fsp3) is 0.211. The summed E-state index contributed by atoms with van der Waals surface area (Å²) in [6.45, 7) is 2.38. The lowest BCUT2D eigenvalue weighted by molar-refractivity contribution is -0.119. The number of thiazole rings is 1. The van der Waals surface area contributed by atoms with Gasteiger partial charge in [-0.3, -0.25) is 4.79 Å². The minimum Gasteiger partial charge on any atom is -0.312 e. The van der Waals surface area contributed by atoms with E-state index < -0.39 is 6.04 Å². The predicted octanol–water partition coefficient (Wildman–Crippen LogP) is 3.70. The van der Waals surface area contributed by atoms with Crippen molar-refractivity contribution in [3.63, 3.8) is 0 Å². The van der Waals surface area contributed by atoms with Crippen LogP contribution in [0.15, 0.2) is 54.6 Å². The normalized spacial score (nSPS) is 17.7. The van der Waals surface area contributed by atoms with Crippen molar-refractivity contribution in [2.24, 2.45) is 0 Å². The van der Waals surface area contributed by atoms with Gasteiger partial charge in [-0.25, -0.2) is 14.7 Å². The molecule has 1 aliphatic heterocycles. The van der Waals surface area contributed by atoms with Crippen LogP contribution in [0.5, 0.6) is 0 Å². The number of imide groups is 1. The summed E-state index contributed by atoms with van der Waals surface area (Å²) in [4.78, 5) is 33.2. The van der Waals surface area contributed by atoms with Crippen LogP contribution >= 0.6 is 11.3 Å². The lowest BCUT2D eigenvalue weighted by Gasteiger charge is -2.19.